The average Bonchev–Trinajstić information content (AvgIpc) is 2.67. The van der Waals surface area contributed by atoms with Crippen LogP contribution in [0, 0.1) is 6.92 Å². The van der Waals surface area contributed by atoms with Gasteiger partial charge in [-0.25, -0.2) is 0 Å². The Labute approximate surface area is 161 Å². The van der Waals surface area contributed by atoms with E-state index in [1.807, 2.05) is 37.3 Å². The molecule has 2 aromatic carbocycles. The highest BCUT2D eigenvalue weighted by Gasteiger charge is 2.24. The van der Waals surface area contributed by atoms with Crippen LogP contribution in [0.25, 0.3) is 11.0 Å². The Bertz CT molecular complexity index is 1070. The molecule has 1 saturated heterocycles. The number of rotatable bonds is 2. The van der Waals surface area contributed by atoms with Crippen LogP contribution >= 0.6 is 11.6 Å². The van der Waals surface area contributed by atoms with Gasteiger partial charge in [-0.2, -0.15) is 0 Å². The molecule has 1 aliphatic rings. The topological polar surface area (TPSA) is 53.8 Å². The number of carbonyl (C=O) groups is 1. The standard InChI is InChI=1S/C21H19ClN2O3/c1-14-5-6-17-18(25)13-20(27-19(17)11-14)21(26)24-9-7-23(8-10-24)16-4-2-3-15(22)12-16/h2-6,11-13H,7-10H2,1H3. The van der Waals surface area contributed by atoms with Gasteiger partial charge in [-0.3, -0.25) is 9.59 Å². The lowest BCUT2D eigenvalue weighted by Gasteiger charge is -2.35. The summed E-state index contributed by atoms with van der Waals surface area (Å²) >= 11 is 6.06. The number of halogens is 1. The number of anilines is 1. The maximum Gasteiger partial charge on any atom is 0.289 e. The van der Waals surface area contributed by atoms with Crippen molar-refractivity contribution in [3.05, 3.63) is 75.1 Å². The van der Waals surface area contributed by atoms with Crippen molar-refractivity contribution >= 4 is 34.2 Å². The molecule has 2 heterocycles. The number of aryl methyl sites for hydroxylation is 1. The summed E-state index contributed by atoms with van der Waals surface area (Å²) in [6.45, 7) is 4.43. The Morgan fingerprint density at radius 1 is 1.04 bits per heavy atom. The third-order valence-corrected chi connectivity index (χ3v) is 5.07. The number of benzene rings is 2. The highest BCUT2D eigenvalue weighted by Crippen LogP contribution is 2.22. The summed E-state index contributed by atoms with van der Waals surface area (Å²) in [6.07, 6.45) is 0. The van der Waals surface area contributed by atoms with E-state index in [0.29, 0.717) is 42.2 Å². The van der Waals surface area contributed by atoms with Crippen molar-refractivity contribution < 1.29 is 9.21 Å². The van der Waals surface area contributed by atoms with E-state index in [4.69, 9.17) is 16.0 Å². The van der Waals surface area contributed by atoms with E-state index in [1.165, 1.54) is 6.07 Å². The second-order valence-corrected chi connectivity index (χ2v) is 7.17. The first kappa shape index (κ1) is 17.6. The van der Waals surface area contributed by atoms with E-state index in [0.717, 1.165) is 11.3 Å². The highest BCUT2D eigenvalue weighted by molar-refractivity contribution is 6.30. The molecule has 1 aromatic heterocycles. The quantitative estimate of drug-likeness (QED) is 0.678. The van der Waals surface area contributed by atoms with Gasteiger partial charge in [-0.15, -0.1) is 0 Å². The van der Waals surface area contributed by atoms with Crippen molar-refractivity contribution in [1.29, 1.82) is 0 Å². The molecule has 0 bridgehead atoms. The summed E-state index contributed by atoms with van der Waals surface area (Å²) in [7, 11) is 0. The zero-order chi connectivity index (χ0) is 19.0. The van der Waals surface area contributed by atoms with Crippen LogP contribution in [0.4, 0.5) is 5.69 Å². The number of fused-ring (bicyclic) bond motifs is 1. The summed E-state index contributed by atoms with van der Waals surface area (Å²) in [4.78, 5) is 29.1. The molecule has 3 aromatic rings. The molecule has 27 heavy (non-hydrogen) atoms. The van der Waals surface area contributed by atoms with Crippen molar-refractivity contribution in [1.82, 2.24) is 4.90 Å². The average molecular weight is 383 g/mol. The van der Waals surface area contributed by atoms with Crippen molar-refractivity contribution in [3.63, 3.8) is 0 Å². The lowest BCUT2D eigenvalue weighted by molar-refractivity contribution is 0.0715. The van der Waals surface area contributed by atoms with E-state index in [-0.39, 0.29) is 17.1 Å². The Kier molecular flexibility index (Phi) is 4.62. The maximum atomic E-state index is 12.8. The van der Waals surface area contributed by atoms with Crippen LogP contribution in [-0.2, 0) is 0 Å². The molecule has 0 aliphatic carbocycles. The first-order valence-corrected chi connectivity index (χ1v) is 9.23. The van der Waals surface area contributed by atoms with Crippen LogP contribution in [0.5, 0.6) is 0 Å². The molecule has 6 heteroatoms. The molecule has 4 rings (SSSR count). The third kappa shape index (κ3) is 3.55. The first-order chi connectivity index (χ1) is 13.0. The molecular weight excluding hydrogens is 364 g/mol. The summed E-state index contributed by atoms with van der Waals surface area (Å²) in [5.41, 5.74) is 2.27. The SMILES string of the molecule is Cc1ccc2c(=O)cc(C(=O)N3CCN(c4cccc(Cl)c4)CC3)oc2c1. The van der Waals surface area contributed by atoms with Crippen molar-refractivity contribution in [2.75, 3.05) is 31.1 Å². The van der Waals surface area contributed by atoms with Gasteiger partial charge in [0.25, 0.3) is 5.91 Å². The number of piperazine rings is 1. The molecule has 138 valence electrons. The number of hydrogen-bond acceptors (Lipinski definition) is 4. The van der Waals surface area contributed by atoms with Gasteiger partial charge in [-0.1, -0.05) is 23.7 Å². The van der Waals surface area contributed by atoms with Gasteiger partial charge in [-0.05, 0) is 42.8 Å². The second-order valence-electron chi connectivity index (χ2n) is 6.73. The molecule has 1 amide bonds. The normalized spacial score (nSPS) is 14.6. The monoisotopic (exact) mass is 382 g/mol. The minimum Gasteiger partial charge on any atom is -0.451 e. The number of carbonyl (C=O) groups excluding carboxylic acids is 1. The van der Waals surface area contributed by atoms with E-state index in [2.05, 4.69) is 4.90 Å². The van der Waals surface area contributed by atoms with Crippen molar-refractivity contribution in [3.8, 4) is 0 Å². The van der Waals surface area contributed by atoms with E-state index in [1.54, 1.807) is 17.0 Å². The fraction of sp³-hybridized carbons (Fsp3) is 0.238. The fourth-order valence-electron chi connectivity index (χ4n) is 3.36. The maximum absolute atomic E-state index is 12.8. The molecule has 0 N–H and O–H groups in total. The summed E-state index contributed by atoms with van der Waals surface area (Å²) in [5.74, 6) is -0.157. The van der Waals surface area contributed by atoms with Gasteiger partial charge < -0.3 is 14.2 Å². The van der Waals surface area contributed by atoms with Crippen molar-refractivity contribution in [2.45, 2.75) is 6.92 Å². The summed E-state index contributed by atoms with van der Waals surface area (Å²) in [6, 6.07) is 14.4. The Morgan fingerprint density at radius 3 is 2.56 bits per heavy atom. The van der Waals surface area contributed by atoms with Gasteiger partial charge in [0.1, 0.15) is 5.58 Å². The molecule has 0 atom stereocenters. The molecule has 1 aliphatic heterocycles. The summed E-state index contributed by atoms with van der Waals surface area (Å²) in [5, 5.41) is 1.18. The number of nitrogens with zero attached hydrogens (tertiary/aromatic N) is 2. The van der Waals surface area contributed by atoms with E-state index in [9.17, 15) is 9.59 Å². The second kappa shape index (κ2) is 7.08. The summed E-state index contributed by atoms with van der Waals surface area (Å²) < 4.78 is 5.74. The Hall–Kier alpha value is -2.79. The molecule has 0 unspecified atom stereocenters. The van der Waals surface area contributed by atoms with Gasteiger partial charge in [0.05, 0.1) is 5.39 Å². The predicted molar refractivity (Wildman–Crippen MR) is 107 cm³/mol. The van der Waals surface area contributed by atoms with E-state index < -0.39 is 0 Å². The molecule has 0 radical (unpaired) electrons. The van der Waals surface area contributed by atoms with Crippen LogP contribution in [0.15, 0.2) is 57.7 Å². The highest BCUT2D eigenvalue weighted by atomic mass is 35.5. The molecular formula is C21H19ClN2O3. The minimum absolute atomic E-state index is 0.0919. The van der Waals surface area contributed by atoms with E-state index >= 15 is 0 Å². The lowest BCUT2D eigenvalue weighted by atomic mass is 10.1. The molecule has 0 saturated carbocycles. The molecule has 5 nitrogen and oxygen atoms in total. The molecule has 0 spiro atoms. The Balaban J connectivity index is 1.53. The number of amides is 1. The Morgan fingerprint density at radius 2 is 1.81 bits per heavy atom. The van der Waals surface area contributed by atoms with Crippen LogP contribution < -0.4 is 10.3 Å². The smallest absolute Gasteiger partial charge is 0.289 e. The largest absolute Gasteiger partial charge is 0.451 e. The number of hydrogen-bond donors (Lipinski definition) is 0. The predicted octanol–water partition coefficient (Wildman–Crippen LogP) is 3.72. The van der Waals surface area contributed by atoms with Gasteiger partial charge in [0.15, 0.2) is 11.2 Å². The van der Waals surface area contributed by atoms with Gasteiger partial charge >= 0.3 is 0 Å². The molecule has 1 fully saturated rings. The first-order valence-electron chi connectivity index (χ1n) is 8.85. The van der Waals surface area contributed by atoms with Gasteiger partial charge in [0.2, 0.25) is 0 Å². The zero-order valence-corrected chi connectivity index (χ0v) is 15.7. The van der Waals surface area contributed by atoms with Crippen LogP contribution in [0.2, 0.25) is 5.02 Å². The minimum atomic E-state index is -0.249. The van der Waals surface area contributed by atoms with Crippen molar-refractivity contribution in [2.24, 2.45) is 0 Å². The van der Waals surface area contributed by atoms with Gasteiger partial charge in [0, 0.05) is 43.0 Å². The lowest BCUT2D eigenvalue weighted by Crippen LogP contribution is -2.48. The zero-order valence-electron chi connectivity index (χ0n) is 14.9. The van der Waals surface area contributed by atoms with Crippen LogP contribution in [-0.4, -0.2) is 37.0 Å². The van der Waals surface area contributed by atoms with Crippen LogP contribution in [0.3, 0.4) is 0 Å². The fourth-order valence-corrected chi connectivity index (χ4v) is 3.55. The third-order valence-electron chi connectivity index (χ3n) is 4.84. The van der Waals surface area contributed by atoms with Crippen LogP contribution in [0.1, 0.15) is 16.1 Å².